The molecule has 21 atom stereocenters. The van der Waals surface area contributed by atoms with Crippen LogP contribution in [0, 0.1) is 29.1 Å². The van der Waals surface area contributed by atoms with Crippen LogP contribution < -0.4 is 5.32 Å². The average Bonchev–Trinajstić information content (AvgIpc) is 0.824. The first-order valence-electron chi connectivity index (χ1n) is 39.6. The largest absolute Gasteiger partial charge is 0.472 e. The van der Waals surface area contributed by atoms with Crippen LogP contribution in [0.25, 0.3) is 0 Å². The topological polar surface area (TPSA) is 527 Å². The molecule has 14 N–H and O–H groups in total. The number of aliphatic hydroxyl groups excluding tert-OH is 9. The Balaban J connectivity index is 1.61. The number of phosphoric acid groups is 4. The van der Waals surface area contributed by atoms with E-state index >= 15 is 0 Å². The lowest BCUT2D eigenvalue weighted by Gasteiger charge is -2.42. The zero-order chi connectivity index (χ0) is 82.1. The Morgan fingerprint density at radius 2 is 0.811 bits per heavy atom. The third kappa shape index (κ3) is 45.4. The van der Waals surface area contributed by atoms with E-state index in [0.29, 0.717) is 109 Å². The van der Waals surface area contributed by atoms with Crippen LogP contribution in [0.1, 0.15) is 183 Å². The Hall–Kier alpha value is -0.850. The highest BCUT2D eigenvalue weighted by Crippen LogP contribution is 2.47. The van der Waals surface area contributed by atoms with Gasteiger partial charge in [-0.3, -0.25) is 41.0 Å². The lowest BCUT2D eigenvalue weighted by molar-refractivity contribution is -0.282. The quantitative estimate of drug-likeness (QED) is 0.0259. The number of rotatable bonds is 70. The summed E-state index contributed by atoms with van der Waals surface area (Å²) in [7, 11) is -18.4. The number of phosphoric ester groups is 4. The summed E-state index contributed by atoms with van der Waals surface area (Å²) >= 11 is 0. The summed E-state index contributed by atoms with van der Waals surface area (Å²) in [6, 6.07) is -1.09. The molecule has 2 heterocycles. The van der Waals surface area contributed by atoms with E-state index in [9.17, 15) is 88.6 Å². The van der Waals surface area contributed by atoms with E-state index in [1.165, 1.54) is 6.92 Å². The van der Waals surface area contributed by atoms with Crippen molar-refractivity contribution in [1.29, 1.82) is 0 Å². The third-order valence-electron chi connectivity index (χ3n) is 19.1. The van der Waals surface area contributed by atoms with Crippen molar-refractivity contribution in [3.8, 4) is 0 Å². The number of aliphatic hydroxyl groups is 9. The number of carbonyl (C=O) groups is 1. The van der Waals surface area contributed by atoms with Crippen molar-refractivity contribution in [2.24, 2.45) is 29.1 Å². The predicted molar refractivity (Wildman–Crippen MR) is 400 cm³/mol. The third-order valence-corrected chi connectivity index (χ3v) is 23.1. The highest BCUT2D eigenvalue weighted by molar-refractivity contribution is 7.48. The molecule has 0 aromatic rings. The molecule has 3 aliphatic rings. The van der Waals surface area contributed by atoms with Crippen molar-refractivity contribution in [1.82, 2.24) is 5.32 Å². The summed E-state index contributed by atoms with van der Waals surface area (Å²) < 4.78 is 153. The fraction of sp³-hybridized carbons (Fsp3) is 0.986. The number of amides is 1. The highest BCUT2D eigenvalue weighted by atomic mass is 31.2. The summed E-state index contributed by atoms with van der Waals surface area (Å²) in [6.07, 6.45) is 0.809. The fourth-order valence-corrected chi connectivity index (χ4v) is 15.5. The Bertz CT molecular complexity index is 2480. The summed E-state index contributed by atoms with van der Waals surface area (Å²) in [5.74, 6) is -1.50. The van der Waals surface area contributed by atoms with Crippen LogP contribution in [0.2, 0.25) is 0 Å². The summed E-state index contributed by atoms with van der Waals surface area (Å²) in [6.45, 7) is 8.41. The number of hydrogen-bond donors (Lipinski definition) is 14. The molecule has 41 heteroatoms. The first kappa shape index (κ1) is 104. The van der Waals surface area contributed by atoms with Crippen molar-refractivity contribution < 1.29 is 172 Å². The van der Waals surface area contributed by atoms with Gasteiger partial charge < -0.3 is 118 Å². The maximum atomic E-state index is 13.6. The van der Waals surface area contributed by atoms with Gasteiger partial charge in [-0.25, -0.2) is 18.3 Å². The maximum absolute atomic E-state index is 13.6. The van der Waals surface area contributed by atoms with Gasteiger partial charge in [0.1, 0.15) is 36.6 Å². The van der Waals surface area contributed by atoms with Gasteiger partial charge in [0.15, 0.2) is 12.6 Å². The molecular weight excluding hydrogens is 1550 g/mol. The molecule has 3 fully saturated rings. The molecule has 12 unspecified atom stereocenters. The van der Waals surface area contributed by atoms with E-state index in [2.05, 4.69) is 12.2 Å². The first-order valence-corrected chi connectivity index (χ1v) is 45.6. The van der Waals surface area contributed by atoms with Crippen LogP contribution in [0.3, 0.4) is 0 Å². The van der Waals surface area contributed by atoms with Gasteiger partial charge >= 0.3 is 31.3 Å². The minimum atomic E-state index is -4.82. The van der Waals surface area contributed by atoms with E-state index in [-0.39, 0.29) is 156 Å². The molecule has 0 radical (unpaired) electrons. The molecule has 0 aromatic heterocycles. The smallest absolute Gasteiger partial charge is 0.396 e. The molecule has 1 aliphatic carbocycles. The number of carbonyl (C=O) groups excluding carboxylic acids is 1. The second-order valence-corrected chi connectivity index (χ2v) is 34.9. The van der Waals surface area contributed by atoms with Crippen LogP contribution in [-0.2, 0) is 107 Å². The molecule has 0 spiro atoms. The molecule has 37 nitrogen and oxygen atoms in total. The summed E-state index contributed by atoms with van der Waals surface area (Å²) in [5.41, 5.74) is -1.44. The number of ether oxygens (including phenoxy) is 10. The minimum absolute atomic E-state index is 0.0330. The Morgan fingerprint density at radius 3 is 1.24 bits per heavy atom. The van der Waals surface area contributed by atoms with Crippen LogP contribution in [0.5, 0.6) is 0 Å². The molecule has 1 amide bonds. The van der Waals surface area contributed by atoms with Gasteiger partial charge in [-0.15, -0.1) is 0 Å². The Kier molecular flexibility index (Phi) is 55.4. The van der Waals surface area contributed by atoms with Gasteiger partial charge in [-0.2, -0.15) is 0 Å². The summed E-state index contributed by atoms with van der Waals surface area (Å²) in [4.78, 5) is 54.2. The number of hydrogen-bond acceptors (Lipinski definition) is 32. The van der Waals surface area contributed by atoms with Gasteiger partial charge in [-0.05, 0) is 103 Å². The Morgan fingerprint density at radius 1 is 0.432 bits per heavy atom. The molecule has 1 saturated carbocycles. The molecule has 2 aliphatic heterocycles. The second-order valence-electron chi connectivity index (χ2n) is 29.1. The lowest BCUT2D eigenvalue weighted by atomic mass is 9.77. The SMILES string of the molecule is CCC(CCCCCOC(C)C)COCCCOP(=O)(O)OCC(COCCCOP(=O)(O)OCCCCCCO[C@@H]1OC(CO)[C@H](O)[C@H](O)C1C)(COCCCOP(=O)(O)OCCCCCCO[C@@H]1OC(CO)[C@H](O)[C@H](O)C1NC(C)=O)COCCCOP(=O)(O)OCCCCCCO[C@@H]1CC(CO)[C@H](O)[C@H](O)C1C. The zero-order valence-corrected chi connectivity index (χ0v) is 69.7. The van der Waals surface area contributed by atoms with E-state index in [4.69, 9.17) is 83.6 Å². The van der Waals surface area contributed by atoms with Gasteiger partial charge in [0.05, 0.1) is 122 Å². The second kappa shape index (κ2) is 59.0. The van der Waals surface area contributed by atoms with E-state index in [0.717, 1.165) is 32.1 Å². The van der Waals surface area contributed by atoms with Crippen LogP contribution in [0.4, 0.5) is 0 Å². The van der Waals surface area contributed by atoms with E-state index in [1.54, 1.807) is 13.8 Å². The standard InChI is InChI=1S/C70H139NO36P4/c1-7-56(27-15-14-19-32-94-52(2)3)47-90-28-23-39-104-111(88,89)105-51-70(48-91-29-24-40-101-108(82,83)98-36-20-11-8-16-33-95-58-43-57(44-72)64(78)62(76)53(58)4,49-92-30-25-41-102-109(84,85)99-37-21-12-9-17-34-96-68-54(5)63(77)65(79)59(45-73)106-68)50-93-31-26-42-103-110(86,87)100-38-22-13-10-18-35-97-69-61(71-55(6)75)67(81)66(80)60(46-74)107-69/h52-54,56-69,72-74,76-81H,7-51H2,1-6H3,(H,71,75)(H,82,83)(H,84,85)(H,86,87)(H,88,89)/t53?,54?,56?,57?,58-,59?,60?,61?,62-,63-,64+,65+,66+,67-,68-,69-,70?/m1/s1. The molecule has 2 saturated heterocycles. The fourth-order valence-electron chi connectivity index (χ4n) is 12.3. The number of unbranched alkanes of at least 4 members (excludes halogenated alkanes) is 11. The van der Waals surface area contributed by atoms with Crippen molar-refractivity contribution in [3.63, 3.8) is 0 Å². The molecule has 0 bridgehead atoms. The molecule has 3 rings (SSSR count). The molecule has 111 heavy (non-hydrogen) atoms. The maximum Gasteiger partial charge on any atom is 0.472 e. The van der Waals surface area contributed by atoms with Gasteiger partial charge in [0, 0.05) is 90.7 Å². The average molecular weight is 1690 g/mol. The van der Waals surface area contributed by atoms with Gasteiger partial charge in [0.2, 0.25) is 5.91 Å². The van der Waals surface area contributed by atoms with E-state index < -0.39 is 142 Å². The first-order chi connectivity index (χ1) is 52.8. The zero-order valence-electron chi connectivity index (χ0n) is 66.1. The minimum Gasteiger partial charge on any atom is -0.396 e. The van der Waals surface area contributed by atoms with Gasteiger partial charge in [-0.1, -0.05) is 78.6 Å². The Labute approximate surface area is 655 Å². The van der Waals surface area contributed by atoms with Gasteiger partial charge in [0.25, 0.3) is 0 Å². The highest BCUT2D eigenvalue weighted by Gasteiger charge is 2.47. The normalized spacial score (nSPS) is 27.6. The summed E-state index contributed by atoms with van der Waals surface area (Å²) in [5, 5.41) is 93.0. The molecule has 0 aromatic carbocycles. The van der Waals surface area contributed by atoms with Crippen molar-refractivity contribution >= 4 is 37.2 Å². The number of nitrogens with one attached hydrogen (secondary N) is 1. The monoisotopic (exact) mass is 1690 g/mol. The van der Waals surface area contributed by atoms with Crippen LogP contribution in [0.15, 0.2) is 0 Å². The lowest BCUT2D eigenvalue weighted by Crippen LogP contribution is -2.64. The van der Waals surface area contributed by atoms with Crippen molar-refractivity contribution in [2.45, 2.75) is 262 Å². The van der Waals surface area contributed by atoms with Crippen LogP contribution in [-0.4, -0.2) is 303 Å². The van der Waals surface area contributed by atoms with Crippen molar-refractivity contribution in [3.05, 3.63) is 0 Å². The molecule has 660 valence electrons. The predicted octanol–water partition coefficient (Wildman–Crippen LogP) is 5.63. The van der Waals surface area contributed by atoms with Crippen LogP contribution >= 0.6 is 31.3 Å². The van der Waals surface area contributed by atoms with E-state index in [1.807, 2.05) is 13.8 Å². The van der Waals surface area contributed by atoms with Crippen molar-refractivity contribution in [2.75, 3.05) is 152 Å². The molecular formula is C70H139NO36P4.